The number of nitrogens with one attached hydrogen (secondary N) is 1. The highest BCUT2D eigenvalue weighted by Gasteiger charge is 2.23. The summed E-state index contributed by atoms with van der Waals surface area (Å²) in [6.07, 6.45) is 4.94. The fourth-order valence-electron chi connectivity index (χ4n) is 4.46. The van der Waals surface area contributed by atoms with Gasteiger partial charge < -0.3 is 9.88 Å². The second-order valence-corrected chi connectivity index (χ2v) is 9.84. The van der Waals surface area contributed by atoms with Gasteiger partial charge in [0.05, 0.1) is 21.8 Å². The van der Waals surface area contributed by atoms with E-state index in [1.54, 1.807) is 18.3 Å². The molecule has 9 heteroatoms. The first-order chi connectivity index (χ1) is 16.5. The van der Waals surface area contributed by atoms with Crippen molar-refractivity contribution in [2.24, 2.45) is 5.92 Å². The van der Waals surface area contributed by atoms with Gasteiger partial charge in [-0.25, -0.2) is 19.3 Å². The Morgan fingerprint density at radius 2 is 1.88 bits per heavy atom. The SMILES string of the molecule is Fc1cc(Cl)ccc1CCc1ncc2nc(-c3c(Cl)cccc3Cl)n(C[C@@H]3CCCNC3)c2n1. The molecule has 3 heterocycles. The fraction of sp³-hybridized carbons (Fsp3) is 0.320. The monoisotopic (exact) mass is 517 g/mol. The number of rotatable bonds is 6. The zero-order valence-corrected chi connectivity index (χ0v) is 20.6. The first kappa shape index (κ1) is 23.5. The third-order valence-electron chi connectivity index (χ3n) is 6.20. The summed E-state index contributed by atoms with van der Waals surface area (Å²) in [5, 5.41) is 4.93. The number of benzene rings is 2. The number of hydrogen-bond acceptors (Lipinski definition) is 4. The lowest BCUT2D eigenvalue weighted by atomic mass is 9.99. The lowest BCUT2D eigenvalue weighted by molar-refractivity contribution is 0.341. The van der Waals surface area contributed by atoms with E-state index in [2.05, 4.69) is 14.9 Å². The molecule has 5 nitrogen and oxygen atoms in total. The first-order valence-corrected chi connectivity index (χ1v) is 12.4. The first-order valence-electron chi connectivity index (χ1n) is 11.3. The third-order valence-corrected chi connectivity index (χ3v) is 7.06. The summed E-state index contributed by atoms with van der Waals surface area (Å²) in [7, 11) is 0. The average Bonchev–Trinajstić information content (AvgIpc) is 3.16. The molecule has 1 atom stereocenters. The molecule has 176 valence electrons. The summed E-state index contributed by atoms with van der Waals surface area (Å²) in [6, 6.07) is 10.2. The Kier molecular flexibility index (Phi) is 7.02. The van der Waals surface area contributed by atoms with E-state index in [0.717, 1.165) is 38.1 Å². The van der Waals surface area contributed by atoms with E-state index in [1.165, 1.54) is 6.07 Å². The van der Waals surface area contributed by atoms with E-state index < -0.39 is 0 Å². The van der Waals surface area contributed by atoms with Crippen molar-refractivity contribution in [3.05, 3.63) is 74.9 Å². The van der Waals surface area contributed by atoms with Gasteiger partial charge in [-0.3, -0.25) is 0 Å². The minimum absolute atomic E-state index is 0.320. The molecule has 2 aromatic heterocycles. The molecule has 2 aromatic carbocycles. The predicted octanol–water partition coefficient (Wildman–Crippen LogP) is 6.38. The van der Waals surface area contributed by atoms with Gasteiger partial charge in [-0.15, -0.1) is 0 Å². The normalized spacial score (nSPS) is 16.3. The van der Waals surface area contributed by atoms with E-state index in [0.29, 0.717) is 62.1 Å². The Bertz CT molecular complexity index is 1310. The molecule has 0 amide bonds. The second-order valence-electron chi connectivity index (χ2n) is 8.59. The summed E-state index contributed by atoms with van der Waals surface area (Å²) in [4.78, 5) is 14.2. The molecule has 0 radical (unpaired) electrons. The Balaban J connectivity index is 1.53. The van der Waals surface area contributed by atoms with E-state index in [-0.39, 0.29) is 5.82 Å². The topological polar surface area (TPSA) is 55.6 Å². The summed E-state index contributed by atoms with van der Waals surface area (Å²) < 4.78 is 16.3. The van der Waals surface area contributed by atoms with Crippen LogP contribution in [0.3, 0.4) is 0 Å². The Morgan fingerprint density at radius 1 is 1.06 bits per heavy atom. The minimum atomic E-state index is -0.320. The second kappa shape index (κ2) is 10.2. The van der Waals surface area contributed by atoms with Gasteiger partial charge in [-0.2, -0.15) is 0 Å². The smallest absolute Gasteiger partial charge is 0.164 e. The van der Waals surface area contributed by atoms with Gasteiger partial charge in [0.25, 0.3) is 0 Å². The van der Waals surface area contributed by atoms with E-state index in [1.807, 2.05) is 18.2 Å². The molecular weight excluding hydrogens is 496 g/mol. The van der Waals surface area contributed by atoms with Crippen molar-refractivity contribution in [1.82, 2.24) is 24.8 Å². The van der Waals surface area contributed by atoms with Gasteiger partial charge in [-0.05, 0) is 68.1 Å². The lowest BCUT2D eigenvalue weighted by Gasteiger charge is -2.24. The van der Waals surface area contributed by atoms with E-state index in [4.69, 9.17) is 44.8 Å². The van der Waals surface area contributed by atoms with E-state index >= 15 is 0 Å². The van der Waals surface area contributed by atoms with Crippen LogP contribution in [0, 0.1) is 11.7 Å². The van der Waals surface area contributed by atoms with Crippen LogP contribution in [0.4, 0.5) is 4.39 Å². The molecule has 0 saturated carbocycles. The molecule has 1 aliphatic heterocycles. The molecule has 5 rings (SSSR count). The number of nitrogens with zero attached hydrogens (tertiary/aromatic N) is 4. The molecule has 1 saturated heterocycles. The zero-order valence-electron chi connectivity index (χ0n) is 18.4. The largest absolute Gasteiger partial charge is 0.316 e. The van der Waals surface area contributed by atoms with Crippen molar-refractivity contribution in [1.29, 1.82) is 0 Å². The quantitative estimate of drug-likeness (QED) is 0.322. The van der Waals surface area contributed by atoms with Gasteiger partial charge in [0.1, 0.15) is 23.0 Å². The third kappa shape index (κ3) is 4.91. The molecule has 0 unspecified atom stereocenters. The van der Waals surface area contributed by atoms with Crippen molar-refractivity contribution in [2.45, 2.75) is 32.2 Å². The highest BCUT2D eigenvalue weighted by atomic mass is 35.5. The molecule has 1 N–H and O–H groups in total. The number of hydrogen-bond donors (Lipinski definition) is 1. The van der Waals surface area contributed by atoms with Crippen LogP contribution in [0.2, 0.25) is 15.1 Å². The van der Waals surface area contributed by atoms with Gasteiger partial charge in [0, 0.05) is 18.0 Å². The molecule has 0 aliphatic carbocycles. The van der Waals surface area contributed by atoms with Crippen molar-refractivity contribution in [3.8, 4) is 11.4 Å². The number of aryl methyl sites for hydroxylation is 2. The molecule has 0 spiro atoms. The maximum atomic E-state index is 14.2. The van der Waals surface area contributed by atoms with Crippen molar-refractivity contribution in [3.63, 3.8) is 0 Å². The summed E-state index contributed by atoms with van der Waals surface area (Å²) in [6.45, 7) is 2.71. The number of halogens is 4. The van der Waals surface area contributed by atoms with Crippen molar-refractivity contribution in [2.75, 3.05) is 13.1 Å². The van der Waals surface area contributed by atoms with Crippen LogP contribution in [0.5, 0.6) is 0 Å². The summed E-state index contributed by atoms with van der Waals surface area (Å²) in [5.74, 6) is 1.43. The summed E-state index contributed by atoms with van der Waals surface area (Å²) >= 11 is 19.0. The van der Waals surface area contributed by atoms with Crippen LogP contribution in [-0.2, 0) is 19.4 Å². The fourth-order valence-corrected chi connectivity index (χ4v) is 5.18. The van der Waals surface area contributed by atoms with Crippen molar-refractivity contribution >= 4 is 46.0 Å². The van der Waals surface area contributed by atoms with Crippen molar-refractivity contribution < 1.29 is 4.39 Å². The molecule has 4 aromatic rings. The van der Waals surface area contributed by atoms with Crippen LogP contribution in [-0.4, -0.2) is 32.6 Å². The molecule has 0 bridgehead atoms. The zero-order chi connectivity index (χ0) is 23.7. The van der Waals surface area contributed by atoms with Crippen LogP contribution in [0.1, 0.15) is 24.2 Å². The maximum Gasteiger partial charge on any atom is 0.164 e. The van der Waals surface area contributed by atoms with Gasteiger partial charge >= 0.3 is 0 Å². The minimum Gasteiger partial charge on any atom is -0.316 e. The number of piperidine rings is 1. The number of aromatic nitrogens is 4. The number of imidazole rings is 1. The van der Waals surface area contributed by atoms with Gasteiger partial charge in [-0.1, -0.05) is 46.9 Å². The van der Waals surface area contributed by atoms with Crippen LogP contribution < -0.4 is 5.32 Å². The molecular formula is C25H23Cl3FN5. The average molecular weight is 519 g/mol. The molecule has 1 fully saturated rings. The highest BCUT2D eigenvalue weighted by Crippen LogP contribution is 2.36. The summed E-state index contributed by atoms with van der Waals surface area (Å²) in [5.41, 5.74) is 2.69. The molecule has 1 aliphatic rings. The number of fused-ring (bicyclic) bond motifs is 1. The Labute approximate surface area is 212 Å². The van der Waals surface area contributed by atoms with Gasteiger partial charge in [0.2, 0.25) is 0 Å². The van der Waals surface area contributed by atoms with Crippen LogP contribution in [0.15, 0.2) is 42.6 Å². The highest BCUT2D eigenvalue weighted by molar-refractivity contribution is 6.39. The van der Waals surface area contributed by atoms with E-state index in [9.17, 15) is 4.39 Å². The van der Waals surface area contributed by atoms with Crippen LogP contribution in [0.25, 0.3) is 22.6 Å². The standard InChI is InChI=1S/C25H23Cl3FN5/c26-17-8-6-16(20(29)11-17)7-9-22-31-13-21-24(33-22)34(14-15-3-2-10-30-12-15)25(32-21)23-18(27)4-1-5-19(23)28/h1,4-6,8,11,13,15,30H,2-3,7,9-10,12,14H2/t15-/m1/s1. The maximum absolute atomic E-state index is 14.2. The lowest BCUT2D eigenvalue weighted by Crippen LogP contribution is -2.32. The predicted molar refractivity (Wildman–Crippen MR) is 135 cm³/mol. The van der Waals surface area contributed by atoms with Gasteiger partial charge in [0.15, 0.2) is 5.65 Å². The van der Waals surface area contributed by atoms with Crippen LogP contribution >= 0.6 is 34.8 Å². The molecule has 34 heavy (non-hydrogen) atoms. The Morgan fingerprint density at radius 3 is 2.62 bits per heavy atom. The Hall–Kier alpha value is -2.25.